The van der Waals surface area contributed by atoms with Crippen molar-refractivity contribution in [3.05, 3.63) is 36.7 Å². The molecule has 0 saturated carbocycles. The molecule has 30 N–H and O–H groups in total. The number of ketones is 2. The summed E-state index contributed by atoms with van der Waals surface area (Å²) in [7, 11) is -66.5. The summed E-state index contributed by atoms with van der Waals surface area (Å²) in [6, 6.07) is 0. The first-order valence-corrected chi connectivity index (χ1v) is 50.4. The number of phosphoric ester groups is 4. The Labute approximate surface area is 683 Å². The van der Waals surface area contributed by atoms with Gasteiger partial charge < -0.3 is 151 Å². The average molecular weight is 2030 g/mol. The van der Waals surface area contributed by atoms with Crippen molar-refractivity contribution < 1.29 is 245 Å². The third kappa shape index (κ3) is 28.3. The van der Waals surface area contributed by atoms with Crippen LogP contribution in [0.4, 0.5) is 35.2 Å². The van der Waals surface area contributed by atoms with Crippen LogP contribution in [-0.4, -0.2) is 279 Å². The van der Waals surface area contributed by atoms with Crippen LogP contribution in [0, 0.1) is 0 Å². The van der Waals surface area contributed by atoms with E-state index in [2.05, 4.69) is 102 Å². The number of phosphoric acid groups is 12. The van der Waals surface area contributed by atoms with Crippen molar-refractivity contribution in [3.8, 4) is 0 Å². The molecule has 0 amide bonds. The van der Waals surface area contributed by atoms with Gasteiger partial charge in [0.25, 0.3) is 0 Å². The molecular weight excluding hydrogens is 1960 g/mol. The summed E-state index contributed by atoms with van der Waals surface area (Å²) in [4.78, 5) is 205. The van der Waals surface area contributed by atoms with Crippen molar-refractivity contribution >= 4 is 175 Å². The fourth-order valence-corrected chi connectivity index (χ4v) is 23.0. The standard InChI is InChI=1S/C11H16N3O14P3.C11H16N3O13P3.C10H17N6O13P3.C10H17N6O12P3/c15-5-1-2-12-10-7(5)13-4-14(10)11-9(17)8(16)6(26-11)3-25-30(21,22)28-31(23,24)27-29(18,19)20;15-6-1-2-12-11-10(6)13-5-14(11)9-3-7(16)8(25-9)4-24-29(20,21)27-30(22,23)26-28(17,18)19;11-7-4-8(15-10(12)14-7)16(2-13-4)9-6(18)5(17)3(27-9)1-26-31(22,23)29-32(24,25)28-30(19,20)21;11-8-7-9(15-10(12)14-8)16(3-13-7)6-1-4(17)5(26-6)2-25-30(21,22)28-31(23,24)27-29(18,19)20/h2,4,6,8-9,11,16-17H,1,3H2,(H,21,22)(H,23,24)(H2,18,19,20);2,5,7-9,16H,1,3-4H2,(H,20,21)(H,22,23)(H2,17,18,19);2-3,5-6,9,17-18H,1H2,(H,22,23)(H,24,25)(H2,19,20,21)(H4,11,12,14,15);3-6,17H,1-2H2,(H,21,22)(H,23,24)(H2,18,19,20)(H4,11,12,14,15). The lowest BCUT2D eigenvalue weighted by atomic mass is 10.1. The van der Waals surface area contributed by atoms with Gasteiger partial charge in [-0.1, -0.05) is 0 Å². The highest BCUT2D eigenvalue weighted by atomic mass is 31.3. The van der Waals surface area contributed by atoms with Crippen molar-refractivity contribution in [2.24, 2.45) is 9.98 Å². The second kappa shape index (κ2) is 39.0. The quantitative estimate of drug-likeness (QED) is 0.0180. The van der Waals surface area contributed by atoms with Crippen LogP contribution in [-0.2, 0) is 126 Å². The molecule has 12 heterocycles. The van der Waals surface area contributed by atoms with Gasteiger partial charge in [-0.25, -0.2) is 84.7 Å². The number of anilines is 4. The maximum atomic E-state index is 11.8. The summed E-state index contributed by atoms with van der Waals surface area (Å²) in [5.74, 6) is -0.698. The largest absolute Gasteiger partial charge is 0.490 e. The summed E-state index contributed by atoms with van der Waals surface area (Å²) in [5.41, 5.74) is 23.2. The summed E-state index contributed by atoms with van der Waals surface area (Å²) in [5, 5.41) is 61.1. The Hall–Kier alpha value is -5.36. The van der Waals surface area contributed by atoms with Crippen LogP contribution in [0.3, 0.4) is 0 Å². The van der Waals surface area contributed by atoms with E-state index in [9.17, 15) is 115 Å². The van der Waals surface area contributed by atoms with Crippen molar-refractivity contribution in [1.82, 2.24) is 58.1 Å². The van der Waals surface area contributed by atoms with Gasteiger partial charge in [-0.15, -0.1) is 0 Å². The van der Waals surface area contributed by atoms with E-state index in [1.165, 1.54) is 34.2 Å². The SMILES string of the molecule is Nc1nc(N)c2ncn(C3CC(O)C(COP(=O)(O)OP(=O)(O)OP(=O)(O)O)O3)c2n1.Nc1nc(N)c2ncn(C3OC(COP(=O)(O)OP(=O)(O)OP(=O)(O)O)C(O)C3O)c2n1.O=C1CC=Nc2c1ncn2C1CC(O)C(COP(=O)(O)OP(=O)(O)OP(=O)(O)O)O1.O=C1CC=Nc2c1ncn2C1OC(COP(=O)(O)OP(=O)(O)OP(=O)(O)O)C(O)C1O. The molecule has 0 aromatic carbocycles. The Bertz CT molecular complexity index is 5650. The molecule has 6 aromatic rings. The van der Waals surface area contributed by atoms with Crippen LogP contribution in [0.5, 0.6) is 0 Å². The minimum Gasteiger partial charge on any atom is -0.390 e. The van der Waals surface area contributed by atoms with Gasteiger partial charge in [0.1, 0.15) is 72.3 Å². The molecule has 0 aliphatic carbocycles. The number of nitrogens with two attached hydrogens (primary N) is 4. The molecule has 6 aromatic heterocycles. The lowest BCUT2D eigenvalue weighted by Crippen LogP contribution is -2.33. The first kappa shape index (κ1) is 102. The van der Waals surface area contributed by atoms with Crippen LogP contribution in [0.2, 0.25) is 0 Å². The van der Waals surface area contributed by atoms with Gasteiger partial charge in [0.15, 0.2) is 70.0 Å². The molecule has 22 atom stereocenters. The van der Waals surface area contributed by atoms with E-state index in [4.69, 9.17) is 101 Å². The Morgan fingerprint density at radius 1 is 0.355 bits per heavy atom. The molecule has 70 nitrogen and oxygen atoms in total. The van der Waals surface area contributed by atoms with E-state index < -0.39 is 206 Å². The number of nitrogens with zero attached hydrogens (tertiary/aromatic N) is 14. The van der Waals surface area contributed by atoms with Crippen molar-refractivity contribution in [1.29, 1.82) is 0 Å². The van der Waals surface area contributed by atoms with Gasteiger partial charge in [0.2, 0.25) is 11.9 Å². The number of hydrogen-bond donors (Lipinski definition) is 26. The molecule has 124 heavy (non-hydrogen) atoms. The molecule has 0 spiro atoms. The highest BCUT2D eigenvalue weighted by Crippen LogP contribution is 2.70. The molecule has 696 valence electrons. The minimum absolute atomic E-state index is 0.0176. The number of ether oxygens (including phenoxy) is 4. The highest BCUT2D eigenvalue weighted by Gasteiger charge is 2.52. The smallest absolute Gasteiger partial charge is 0.390 e. The maximum absolute atomic E-state index is 11.8. The molecule has 22 unspecified atom stereocenters. The van der Waals surface area contributed by atoms with Crippen molar-refractivity contribution in [2.75, 3.05) is 49.4 Å². The molecule has 4 saturated heterocycles. The number of aliphatic imine (C=N–C) groups is 2. The molecule has 6 aliphatic rings. The fourth-order valence-electron chi connectivity index (χ4n) is 10.8. The predicted molar refractivity (Wildman–Crippen MR) is 387 cm³/mol. The average Bonchev–Trinajstić information content (AvgIpc) is 1.62. The monoisotopic (exact) mass is 2030 g/mol. The zero-order valence-electron chi connectivity index (χ0n) is 60.2. The maximum Gasteiger partial charge on any atom is 0.490 e. The minimum atomic E-state index is -5.72. The number of imidazole rings is 4. The number of carbonyl (C=O) groups excluding carboxylic acids is 2. The second-order valence-corrected chi connectivity index (χ2v) is 42.3. The van der Waals surface area contributed by atoms with Gasteiger partial charge in [-0.05, 0) is 0 Å². The number of rotatable bonds is 32. The van der Waals surface area contributed by atoms with Gasteiger partial charge in [-0.2, -0.15) is 54.4 Å². The van der Waals surface area contributed by atoms with E-state index in [1.807, 2.05) is 0 Å². The zero-order valence-corrected chi connectivity index (χ0v) is 71.0. The van der Waals surface area contributed by atoms with Gasteiger partial charge >= 0.3 is 93.9 Å². The number of Topliss-reactive ketones (excluding diaryl/α,β-unsaturated/α-hetero) is 2. The van der Waals surface area contributed by atoms with Crippen LogP contribution in [0.15, 0.2) is 35.3 Å². The molecular formula is C42H66N18O52P12. The van der Waals surface area contributed by atoms with Crippen LogP contribution < -0.4 is 22.9 Å². The lowest BCUT2D eigenvalue weighted by molar-refractivity contribution is -0.0512. The van der Waals surface area contributed by atoms with E-state index in [0.29, 0.717) is 0 Å². The Morgan fingerprint density at radius 2 is 0.645 bits per heavy atom. The number of aliphatic hydroxyl groups excluding tert-OH is 6. The number of fused-ring (bicyclic) bond motifs is 4. The topological polar surface area (TPSA) is 1080 Å². The molecule has 0 radical (unpaired) electrons. The normalized spacial score (nSPS) is 28.0. The summed E-state index contributed by atoms with van der Waals surface area (Å²) in [6.45, 7) is -3.57. The number of aliphatic hydroxyl groups is 6. The Morgan fingerprint density at radius 3 is 0.992 bits per heavy atom. The van der Waals surface area contributed by atoms with E-state index in [0.717, 1.165) is 21.8 Å². The first-order valence-electron chi connectivity index (χ1n) is 32.3. The summed E-state index contributed by atoms with van der Waals surface area (Å²) >= 11 is 0. The second-order valence-electron chi connectivity index (χ2n) is 24.6. The number of hydrogen-bond acceptors (Lipinski definition) is 50. The molecule has 4 fully saturated rings. The van der Waals surface area contributed by atoms with Crippen LogP contribution in [0.1, 0.15) is 71.6 Å². The molecule has 6 aliphatic heterocycles. The first-order chi connectivity index (χ1) is 56.7. The third-order valence-corrected chi connectivity index (χ3v) is 30.7. The van der Waals surface area contributed by atoms with E-state index in [1.54, 1.807) is 0 Å². The number of carbonyl (C=O) groups is 2. The van der Waals surface area contributed by atoms with Gasteiger partial charge in [0.05, 0.1) is 63.9 Å². The highest BCUT2D eigenvalue weighted by molar-refractivity contribution is 7.68. The molecule has 12 rings (SSSR count). The summed E-state index contributed by atoms with van der Waals surface area (Å²) in [6.07, 6.45) is -11.3. The van der Waals surface area contributed by atoms with Crippen LogP contribution >= 0.6 is 93.9 Å². The predicted octanol–water partition coefficient (Wildman–Crippen LogP) is -3.77. The Kier molecular flexibility index (Phi) is 32.2. The third-order valence-electron chi connectivity index (χ3n) is 15.5. The molecule has 82 heteroatoms. The molecule has 0 bridgehead atoms. The summed E-state index contributed by atoms with van der Waals surface area (Å²) < 4.78 is 208. The lowest BCUT2D eigenvalue weighted by Gasteiger charge is -2.19. The number of nitrogen functional groups attached to an aromatic ring is 4. The Balaban J connectivity index is 0.000000187. The van der Waals surface area contributed by atoms with Crippen molar-refractivity contribution in [3.63, 3.8) is 0 Å². The van der Waals surface area contributed by atoms with Gasteiger partial charge in [-0.3, -0.25) is 46.0 Å². The van der Waals surface area contributed by atoms with Crippen LogP contribution in [0.25, 0.3) is 22.3 Å². The number of aromatic nitrogens is 12. The fraction of sp³-hybridized carbons (Fsp3) is 0.524. The zero-order chi connectivity index (χ0) is 92.8. The van der Waals surface area contributed by atoms with E-state index >= 15 is 0 Å². The van der Waals surface area contributed by atoms with E-state index in [-0.39, 0.29) is 106 Å². The van der Waals surface area contributed by atoms with Crippen molar-refractivity contribution in [2.45, 2.75) is 112 Å². The van der Waals surface area contributed by atoms with Gasteiger partial charge in [0, 0.05) is 38.1 Å².